The maximum Gasteiger partial charge on any atom is 0.321 e. The molecular formula is C20H25N3O4. The molecule has 0 fully saturated rings. The number of aliphatic carboxylic acids is 1. The number of ether oxygens (including phenoxy) is 1. The SMILES string of the molecule is CN(C)CC(CC(=O)O)NC(=O)N(C)c1ccc(Oc2ccccc2)cc1. The molecule has 1 atom stereocenters. The molecular weight excluding hydrogens is 346 g/mol. The highest BCUT2D eigenvalue weighted by Gasteiger charge is 2.19. The Labute approximate surface area is 159 Å². The first-order valence-electron chi connectivity index (χ1n) is 8.59. The number of para-hydroxylation sites is 1. The number of nitrogens with zero attached hydrogens (tertiary/aromatic N) is 2. The minimum absolute atomic E-state index is 0.137. The van der Waals surface area contributed by atoms with Crippen molar-refractivity contribution in [1.29, 1.82) is 0 Å². The van der Waals surface area contributed by atoms with Gasteiger partial charge in [-0.1, -0.05) is 18.2 Å². The molecule has 0 aliphatic carbocycles. The highest BCUT2D eigenvalue weighted by atomic mass is 16.5. The number of carboxylic acids is 1. The molecule has 0 radical (unpaired) electrons. The molecule has 2 rings (SSSR count). The van der Waals surface area contributed by atoms with Crippen LogP contribution in [0.25, 0.3) is 0 Å². The number of urea groups is 1. The van der Waals surface area contributed by atoms with Crippen LogP contribution in [0.2, 0.25) is 0 Å². The number of carbonyl (C=O) groups excluding carboxylic acids is 1. The van der Waals surface area contributed by atoms with E-state index >= 15 is 0 Å². The van der Waals surface area contributed by atoms with Crippen molar-refractivity contribution in [3.63, 3.8) is 0 Å². The van der Waals surface area contributed by atoms with E-state index in [-0.39, 0.29) is 12.5 Å². The fraction of sp³-hybridized carbons (Fsp3) is 0.300. The molecule has 0 aliphatic rings. The van der Waals surface area contributed by atoms with Crippen molar-refractivity contribution in [1.82, 2.24) is 10.2 Å². The molecule has 27 heavy (non-hydrogen) atoms. The van der Waals surface area contributed by atoms with Gasteiger partial charge in [0.15, 0.2) is 0 Å². The van der Waals surface area contributed by atoms with E-state index in [1.165, 1.54) is 4.90 Å². The van der Waals surface area contributed by atoms with E-state index in [0.717, 1.165) is 5.75 Å². The third-order valence-electron chi connectivity index (χ3n) is 3.84. The molecule has 7 heteroatoms. The van der Waals surface area contributed by atoms with Crippen molar-refractivity contribution in [2.75, 3.05) is 32.6 Å². The second-order valence-corrected chi connectivity index (χ2v) is 6.47. The smallest absolute Gasteiger partial charge is 0.321 e. The van der Waals surface area contributed by atoms with Gasteiger partial charge in [0.1, 0.15) is 11.5 Å². The van der Waals surface area contributed by atoms with Gasteiger partial charge in [-0.15, -0.1) is 0 Å². The Morgan fingerprint density at radius 3 is 2.15 bits per heavy atom. The summed E-state index contributed by atoms with van der Waals surface area (Å²) >= 11 is 0. The highest BCUT2D eigenvalue weighted by molar-refractivity contribution is 5.91. The zero-order valence-corrected chi connectivity index (χ0v) is 15.8. The minimum Gasteiger partial charge on any atom is -0.481 e. The lowest BCUT2D eigenvalue weighted by Crippen LogP contribution is -2.48. The Balaban J connectivity index is 1.99. The van der Waals surface area contributed by atoms with Gasteiger partial charge in [0.2, 0.25) is 0 Å². The Kier molecular flexibility index (Phi) is 7.19. The van der Waals surface area contributed by atoms with Crippen molar-refractivity contribution in [3.8, 4) is 11.5 Å². The van der Waals surface area contributed by atoms with E-state index in [0.29, 0.717) is 18.0 Å². The van der Waals surface area contributed by atoms with Gasteiger partial charge in [-0.2, -0.15) is 0 Å². The third-order valence-corrected chi connectivity index (χ3v) is 3.84. The summed E-state index contributed by atoms with van der Waals surface area (Å²) in [6.07, 6.45) is -0.137. The number of hydrogen-bond donors (Lipinski definition) is 2. The largest absolute Gasteiger partial charge is 0.481 e. The number of carboxylic acid groups (broad SMARTS) is 1. The van der Waals surface area contributed by atoms with E-state index in [1.807, 2.05) is 49.3 Å². The molecule has 1 unspecified atom stereocenters. The predicted octanol–water partition coefficient (Wildman–Crippen LogP) is 3.03. The molecule has 0 aliphatic heterocycles. The first-order chi connectivity index (χ1) is 12.8. The van der Waals surface area contributed by atoms with E-state index in [2.05, 4.69) is 5.32 Å². The van der Waals surface area contributed by atoms with Crippen LogP contribution >= 0.6 is 0 Å². The van der Waals surface area contributed by atoms with Crippen molar-refractivity contribution >= 4 is 17.7 Å². The summed E-state index contributed by atoms with van der Waals surface area (Å²) in [7, 11) is 5.29. The average molecular weight is 371 g/mol. The maximum atomic E-state index is 12.5. The van der Waals surface area contributed by atoms with Gasteiger partial charge in [0.25, 0.3) is 0 Å². The first kappa shape index (κ1) is 20.3. The van der Waals surface area contributed by atoms with E-state index in [1.54, 1.807) is 31.3 Å². The van der Waals surface area contributed by atoms with Gasteiger partial charge < -0.3 is 20.1 Å². The summed E-state index contributed by atoms with van der Waals surface area (Å²) in [5.41, 5.74) is 0.673. The lowest BCUT2D eigenvalue weighted by Gasteiger charge is -2.25. The summed E-state index contributed by atoms with van der Waals surface area (Å²) < 4.78 is 5.74. The van der Waals surface area contributed by atoms with Gasteiger partial charge >= 0.3 is 12.0 Å². The van der Waals surface area contributed by atoms with Crippen LogP contribution in [-0.4, -0.2) is 55.7 Å². The van der Waals surface area contributed by atoms with Gasteiger partial charge in [-0.05, 0) is 50.5 Å². The van der Waals surface area contributed by atoms with E-state index in [9.17, 15) is 9.59 Å². The quantitative estimate of drug-likeness (QED) is 0.745. The Morgan fingerprint density at radius 1 is 1.00 bits per heavy atom. The van der Waals surface area contributed by atoms with E-state index in [4.69, 9.17) is 9.84 Å². The molecule has 2 amide bonds. The van der Waals surface area contributed by atoms with Crippen LogP contribution in [0.15, 0.2) is 54.6 Å². The number of benzene rings is 2. The molecule has 2 N–H and O–H groups in total. The van der Waals surface area contributed by atoms with E-state index < -0.39 is 12.0 Å². The first-order valence-corrected chi connectivity index (χ1v) is 8.59. The number of amides is 2. The lowest BCUT2D eigenvalue weighted by molar-refractivity contribution is -0.137. The maximum absolute atomic E-state index is 12.5. The fourth-order valence-electron chi connectivity index (χ4n) is 2.56. The second kappa shape index (κ2) is 9.59. The third kappa shape index (κ3) is 6.63. The summed E-state index contributed by atoms with van der Waals surface area (Å²) in [6.45, 7) is 0.440. The van der Waals surface area contributed by atoms with Crippen LogP contribution in [-0.2, 0) is 4.79 Å². The number of nitrogens with one attached hydrogen (secondary N) is 1. The number of likely N-dealkylation sites (N-methyl/N-ethyl adjacent to an activating group) is 1. The zero-order valence-electron chi connectivity index (χ0n) is 15.8. The Bertz CT molecular complexity index is 748. The number of anilines is 1. The van der Waals surface area contributed by atoms with Crippen molar-refractivity contribution in [2.45, 2.75) is 12.5 Å². The molecule has 0 heterocycles. The van der Waals surface area contributed by atoms with Crippen LogP contribution in [0.4, 0.5) is 10.5 Å². The molecule has 144 valence electrons. The molecule has 0 bridgehead atoms. The Morgan fingerprint density at radius 2 is 1.59 bits per heavy atom. The summed E-state index contributed by atoms with van der Waals surface area (Å²) in [5, 5.41) is 11.8. The van der Waals surface area contributed by atoms with Gasteiger partial charge in [-0.25, -0.2) is 4.79 Å². The summed E-state index contributed by atoms with van der Waals surface area (Å²) in [6, 6.07) is 15.7. The number of rotatable bonds is 8. The standard InChI is InChI=1S/C20H25N3O4/c1-22(2)14-15(13-19(24)25)21-20(26)23(3)16-9-11-18(12-10-16)27-17-7-5-4-6-8-17/h4-12,15H,13-14H2,1-3H3,(H,21,26)(H,24,25). The fourth-order valence-corrected chi connectivity index (χ4v) is 2.56. The molecule has 2 aromatic rings. The van der Waals surface area contributed by atoms with Gasteiger partial charge in [-0.3, -0.25) is 9.69 Å². The summed E-state index contributed by atoms with van der Waals surface area (Å²) in [4.78, 5) is 26.7. The topological polar surface area (TPSA) is 82.1 Å². The van der Waals surface area contributed by atoms with Crippen LogP contribution < -0.4 is 15.0 Å². The van der Waals surface area contributed by atoms with Crippen molar-refractivity contribution < 1.29 is 19.4 Å². The van der Waals surface area contributed by atoms with Gasteiger partial charge in [0, 0.05) is 19.3 Å². The Hall–Kier alpha value is -3.06. The van der Waals surface area contributed by atoms with Crippen LogP contribution in [0.3, 0.4) is 0 Å². The predicted molar refractivity (Wildman–Crippen MR) is 104 cm³/mol. The van der Waals surface area contributed by atoms with Crippen molar-refractivity contribution in [3.05, 3.63) is 54.6 Å². The lowest BCUT2D eigenvalue weighted by atomic mass is 10.2. The highest BCUT2D eigenvalue weighted by Crippen LogP contribution is 2.24. The zero-order chi connectivity index (χ0) is 19.8. The summed E-state index contributed by atoms with van der Waals surface area (Å²) in [5.74, 6) is 0.443. The monoisotopic (exact) mass is 371 g/mol. The van der Waals surface area contributed by atoms with Crippen LogP contribution in [0.5, 0.6) is 11.5 Å². The normalized spacial score (nSPS) is 11.7. The molecule has 0 saturated heterocycles. The average Bonchev–Trinajstić information content (AvgIpc) is 2.61. The second-order valence-electron chi connectivity index (χ2n) is 6.47. The molecule has 0 spiro atoms. The minimum atomic E-state index is -0.952. The van der Waals surface area contributed by atoms with Crippen LogP contribution in [0, 0.1) is 0 Å². The molecule has 2 aromatic carbocycles. The molecule has 0 aromatic heterocycles. The van der Waals surface area contributed by atoms with Crippen LogP contribution in [0.1, 0.15) is 6.42 Å². The van der Waals surface area contributed by atoms with Crippen molar-refractivity contribution in [2.24, 2.45) is 0 Å². The van der Waals surface area contributed by atoms with Gasteiger partial charge in [0.05, 0.1) is 12.5 Å². The number of hydrogen-bond acceptors (Lipinski definition) is 4. The molecule has 7 nitrogen and oxygen atoms in total. The molecule has 0 saturated carbocycles. The number of carbonyl (C=O) groups is 2.